The summed E-state index contributed by atoms with van der Waals surface area (Å²) in [5, 5.41) is 12.8. The Morgan fingerprint density at radius 1 is 1.28 bits per heavy atom. The maximum atomic E-state index is 9.40. The normalized spacial score (nSPS) is 18.0. The summed E-state index contributed by atoms with van der Waals surface area (Å²) >= 11 is 0. The summed E-state index contributed by atoms with van der Waals surface area (Å²) < 4.78 is 5.33. The standard InChI is InChI=1S/C15H20N2O/c1-18-14-8-4-3-7-13(14)11-17-15(12-16)9-5-2-6-10-15/h3-4,7-8,17H,2,5-6,9-11H2,1H3. The first-order valence-corrected chi connectivity index (χ1v) is 6.58. The third-order valence-electron chi connectivity index (χ3n) is 3.73. The maximum Gasteiger partial charge on any atom is 0.123 e. The van der Waals surface area contributed by atoms with Gasteiger partial charge >= 0.3 is 0 Å². The predicted octanol–water partition coefficient (Wildman–Crippen LogP) is 3.01. The van der Waals surface area contributed by atoms with E-state index in [4.69, 9.17) is 4.74 Å². The highest BCUT2D eigenvalue weighted by atomic mass is 16.5. The lowest BCUT2D eigenvalue weighted by atomic mass is 9.83. The first-order chi connectivity index (χ1) is 8.79. The Hall–Kier alpha value is -1.53. The molecule has 0 atom stereocenters. The molecule has 18 heavy (non-hydrogen) atoms. The van der Waals surface area contributed by atoms with Crippen LogP contribution in [0, 0.1) is 11.3 Å². The van der Waals surface area contributed by atoms with Crippen LogP contribution in [0.25, 0.3) is 0 Å². The number of hydrogen-bond acceptors (Lipinski definition) is 3. The van der Waals surface area contributed by atoms with Crippen molar-refractivity contribution < 1.29 is 4.74 Å². The van der Waals surface area contributed by atoms with Gasteiger partial charge in [-0.15, -0.1) is 0 Å². The number of para-hydroxylation sites is 1. The van der Waals surface area contributed by atoms with Crippen LogP contribution in [0.3, 0.4) is 0 Å². The van der Waals surface area contributed by atoms with E-state index in [1.54, 1.807) is 7.11 Å². The summed E-state index contributed by atoms with van der Waals surface area (Å²) in [6, 6.07) is 10.4. The second-order valence-corrected chi connectivity index (χ2v) is 4.92. The number of nitriles is 1. The van der Waals surface area contributed by atoms with Crippen LogP contribution >= 0.6 is 0 Å². The summed E-state index contributed by atoms with van der Waals surface area (Å²) in [6.45, 7) is 0.692. The average Bonchev–Trinajstić information content (AvgIpc) is 2.46. The highest BCUT2D eigenvalue weighted by molar-refractivity contribution is 5.33. The molecule has 1 fully saturated rings. The quantitative estimate of drug-likeness (QED) is 0.885. The first kappa shape index (κ1) is 12.9. The third-order valence-corrected chi connectivity index (χ3v) is 3.73. The molecule has 0 aliphatic heterocycles. The van der Waals surface area contributed by atoms with E-state index >= 15 is 0 Å². The number of ether oxygens (including phenoxy) is 1. The minimum absolute atomic E-state index is 0.334. The largest absolute Gasteiger partial charge is 0.496 e. The third kappa shape index (κ3) is 2.83. The molecular formula is C15H20N2O. The Kier molecular flexibility index (Phi) is 4.22. The van der Waals surface area contributed by atoms with Crippen LogP contribution in [0.15, 0.2) is 24.3 Å². The molecule has 1 aromatic carbocycles. The van der Waals surface area contributed by atoms with E-state index in [-0.39, 0.29) is 5.54 Å². The van der Waals surface area contributed by atoms with E-state index in [9.17, 15) is 5.26 Å². The smallest absolute Gasteiger partial charge is 0.123 e. The molecule has 1 aromatic rings. The van der Waals surface area contributed by atoms with Gasteiger partial charge in [0.05, 0.1) is 13.2 Å². The number of nitrogens with one attached hydrogen (secondary N) is 1. The van der Waals surface area contributed by atoms with E-state index in [1.165, 1.54) is 6.42 Å². The van der Waals surface area contributed by atoms with Crippen LogP contribution in [-0.2, 0) is 6.54 Å². The van der Waals surface area contributed by atoms with Crippen LogP contribution < -0.4 is 10.1 Å². The Morgan fingerprint density at radius 2 is 2.00 bits per heavy atom. The summed E-state index contributed by atoms with van der Waals surface area (Å²) in [4.78, 5) is 0. The summed E-state index contributed by atoms with van der Waals surface area (Å²) in [5.74, 6) is 0.883. The van der Waals surface area contributed by atoms with Gasteiger partial charge in [0.25, 0.3) is 0 Å². The Bertz CT molecular complexity index is 430. The Labute approximate surface area is 109 Å². The molecule has 96 valence electrons. The molecule has 2 rings (SSSR count). The second kappa shape index (κ2) is 5.88. The molecule has 0 radical (unpaired) electrons. The van der Waals surface area contributed by atoms with Crippen LogP contribution in [0.5, 0.6) is 5.75 Å². The van der Waals surface area contributed by atoms with Crippen LogP contribution in [-0.4, -0.2) is 12.6 Å². The number of benzene rings is 1. The monoisotopic (exact) mass is 244 g/mol. The summed E-state index contributed by atoms with van der Waals surface area (Å²) in [5.41, 5.74) is 0.777. The van der Waals surface area contributed by atoms with E-state index in [0.717, 1.165) is 37.0 Å². The Morgan fingerprint density at radius 3 is 2.67 bits per heavy atom. The Balaban J connectivity index is 2.04. The summed E-state index contributed by atoms with van der Waals surface area (Å²) in [6.07, 6.45) is 5.45. The predicted molar refractivity (Wildman–Crippen MR) is 71.3 cm³/mol. The van der Waals surface area contributed by atoms with Crippen molar-refractivity contribution >= 4 is 0 Å². The van der Waals surface area contributed by atoms with E-state index < -0.39 is 0 Å². The molecule has 1 aliphatic carbocycles. The van der Waals surface area contributed by atoms with Crippen molar-refractivity contribution in [1.29, 1.82) is 5.26 Å². The molecular weight excluding hydrogens is 224 g/mol. The highest BCUT2D eigenvalue weighted by Gasteiger charge is 2.31. The van der Waals surface area contributed by atoms with Gasteiger partial charge < -0.3 is 4.74 Å². The summed E-state index contributed by atoms with van der Waals surface area (Å²) in [7, 11) is 1.68. The number of nitrogens with zero attached hydrogens (tertiary/aromatic N) is 1. The zero-order valence-corrected chi connectivity index (χ0v) is 10.9. The first-order valence-electron chi connectivity index (χ1n) is 6.58. The molecule has 0 amide bonds. The van der Waals surface area contributed by atoms with Crippen molar-refractivity contribution in [2.45, 2.75) is 44.2 Å². The van der Waals surface area contributed by atoms with Gasteiger partial charge in [-0.25, -0.2) is 0 Å². The number of hydrogen-bond donors (Lipinski definition) is 1. The molecule has 1 saturated carbocycles. The van der Waals surface area contributed by atoms with Gasteiger partial charge in [0, 0.05) is 12.1 Å². The fraction of sp³-hybridized carbons (Fsp3) is 0.533. The second-order valence-electron chi connectivity index (χ2n) is 4.92. The van der Waals surface area contributed by atoms with Gasteiger partial charge in [-0.2, -0.15) is 5.26 Å². The molecule has 0 heterocycles. The van der Waals surface area contributed by atoms with E-state index in [2.05, 4.69) is 11.4 Å². The lowest BCUT2D eigenvalue weighted by Crippen LogP contribution is -2.45. The van der Waals surface area contributed by atoms with Crippen molar-refractivity contribution in [3.8, 4) is 11.8 Å². The molecule has 0 saturated heterocycles. The molecule has 1 N–H and O–H groups in total. The molecule has 1 aliphatic rings. The van der Waals surface area contributed by atoms with Crippen LogP contribution in [0.1, 0.15) is 37.7 Å². The fourth-order valence-corrected chi connectivity index (χ4v) is 2.60. The minimum Gasteiger partial charge on any atom is -0.496 e. The highest BCUT2D eigenvalue weighted by Crippen LogP contribution is 2.28. The zero-order chi connectivity index (χ0) is 12.8. The zero-order valence-electron chi connectivity index (χ0n) is 10.9. The minimum atomic E-state index is -0.334. The fourth-order valence-electron chi connectivity index (χ4n) is 2.60. The topological polar surface area (TPSA) is 45.0 Å². The maximum absolute atomic E-state index is 9.40. The SMILES string of the molecule is COc1ccccc1CNC1(C#N)CCCCC1. The van der Waals surface area contributed by atoms with Crippen molar-refractivity contribution in [2.24, 2.45) is 0 Å². The van der Waals surface area contributed by atoms with Gasteiger partial charge in [0.2, 0.25) is 0 Å². The molecule has 0 spiro atoms. The van der Waals surface area contributed by atoms with Gasteiger partial charge in [-0.1, -0.05) is 37.5 Å². The molecule has 3 heteroatoms. The van der Waals surface area contributed by atoms with Crippen molar-refractivity contribution in [1.82, 2.24) is 5.32 Å². The molecule has 3 nitrogen and oxygen atoms in total. The molecule has 0 unspecified atom stereocenters. The van der Waals surface area contributed by atoms with E-state index in [0.29, 0.717) is 6.54 Å². The van der Waals surface area contributed by atoms with Crippen LogP contribution in [0.4, 0.5) is 0 Å². The number of rotatable bonds is 4. The van der Waals surface area contributed by atoms with Gasteiger partial charge in [-0.05, 0) is 18.9 Å². The lowest BCUT2D eigenvalue weighted by molar-refractivity contribution is 0.294. The van der Waals surface area contributed by atoms with E-state index in [1.807, 2.05) is 24.3 Å². The van der Waals surface area contributed by atoms with Crippen molar-refractivity contribution in [3.63, 3.8) is 0 Å². The van der Waals surface area contributed by atoms with Crippen molar-refractivity contribution in [3.05, 3.63) is 29.8 Å². The van der Waals surface area contributed by atoms with Gasteiger partial charge in [0.15, 0.2) is 0 Å². The lowest BCUT2D eigenvalue weighted by Gasteiger charge is -2.31. The molecule has 0 bridgehead atoms. The van der Waals surface area contributed by atoms with Gasteiger partial charge in [-0.3, -0.25) is 5.32 Å². The number of methoxy groups -OCH3 is 1. The molecule has 0 aromatic heterocycles. The average molecular weight is 244 g/mol. The van der Waals surface area contributed by atoms with Crippen LogP contribution in [0.2, 0.25) is 0 Å². The van der Waals surface area contributed by atoms with Gasteiger partial charge in [0.1, 0.15) is 11.3 Å². The van der Waals surface area contributed by atoms with Crippen molar-refractivity contribution in [2.75, 3.05) is 7.11 Å².